The van der Waals surface area contributed by atoms with Gasteiger partial charge in [0.15, 0.2) is 0 Å². The number of rotatable bonds is 4. The van der Waals surface area contributed by atoms with Crippen LogP contribution < -0.4 is 4.74 Å². The van der Waals surface area contributed by atoms with Gasteiger partial charge in [0.05, 0.1) is 5.02 Å². The summed E-state index contributed by atoms with van der Waals surface area (Å²) < 4.78 is 5.78. The molecular formula is C15H14Cl2O. The monoisotopic (exact) mass is 280 g/mol. The topological polar surface area (TPSA) is 9.23 Å². The Bertz CT molecular complexity index is 538. The molecule has 0 radical (unpaired) electrons. The van der Waals surface area contributed by atoms with E-state index in [0.717, 1.165) is 17.7 Å². The number of aryl methyl sites for hydroxylation is 1. The summed E-state index contributed by atoms with van der Waals surface area (Å²) in [5.41, 5.74) is 2.22. The highest BCUT2D eigenvalue weighted by atomic mass is 35.5. The van der Waals surface area contributed by atoms with Crippen LogP contribution in [0.3, 0.4) is 0 Å². The average molecular weight is 281 g/mol. The summed E-state index contributed by atoms with van der Waals surface area (Å²) in [7, 11) is 0. The summed E-state index contributed by atoms with van der Waals surface area (Å²) in [6, 6.07) is 13.6. The zero-order chi connectivity index (χ0) is 13.0. The Morgan fingerprint density at radius 1 is 1.06 bits per heavy atom. The third kappa shape index (κ3) is 3.18. The van der Waals surface area contributed by atoms with Crippen LogP contribution in [0.15, 0.2) is 42.5 Å². The van der Waals surface area contributed by atoms with Gasteiger partial charge in [-0.2, -0.15) is 0 Å². The van der Waals surface area contributed by atoms with Gasteiger partial charge < -0.3 is 4.74 Å². The Labute approximate surface area is 117 Å². The molecule has 0 aliphatic rings. The standard InChI is InChI=1S/C15H14Cl2O/c1-2-11-4-3-5-13(8-11)18-15-7-6-12(10-16)9-14(15)17/h3-9H,2,10H2,1H3. The molecule has 0 aromatic heterocycles. The van der Waals surface area contributed by atoms with Gasteiger partial charge in [-0.25, -0.2) is 0 Å². The van der Waals surface area contributed by atoms with Gasteiger partial charge in [0.2, 0.25) is 0 Å². The molecule has 0 fully saturated rings. The number of alkyl halides is 1. The number of benzene rings is 2. The smallest absolute Gasteiger partial charge is 0.146 e. The fraction of sp³-hybridized carbons (Fsp3) is 0.200. The van der Waals surface area contributed by atoms with E-state index in [2.05, 4.69) is 13.0 Å². The van der Waals surface area contributed by atoms with Crippen LogP contribution in [-0.2, 0) is 12.3 Å². The number of hydrogen-bond donors (Lipinski definition) is 0. The molecule has 3 heteroatoms. The van der Waals surface area contributed by atoms with E-state index in [4.69, 9.17) is 27.9 Å². The van der Waals surface area contributed by atoms with Gasteiger partial charge in [0, 0.05) is 5.88 Å². The lowest BCUT2D eigenvalue weighted by molar-refractivity contribution is 0.482. The average Bonchev–Trinajstić information content (AvgIpc) is 2.41. The minimum Gasteiger partial charge on any atom is -0.456 e. The predicted molar refractivity (Wildman–Crippen MR) is 76.9 cm³/mol. The number of ether oxygens (including phenoxy) is 1. The maximum Gasteiger partial charge on any atom is 0.146 e. The van der Waals surface area contributed by atoms with Crippen molar-refractivity contribution in [1.82, 2.24) is 0 Å². The fourth-order valence-electron chi connectivity index (χ4n) is 1.67. The summed E-state index contributed by atoms with van der Waals surface area (Å²) in [4.78, 5) is 0. The molecule has 18 heavy (non-hydrogen) atoms. The first-order valence-electron chi connectivity index (χ1n) is 5.84. The Hall–Kier alpha value is -1.18. The van der Waals surface area contributed by atoms with Gasteiger partial charge in [-0.15, -0.1) is 11.6 Å². The maximum atomic E-state index is 6.15. The summed E-state index contributed by atoms with van der Waals surface area (Å²) in [5.74, 6) is 1.90. The molecular weight excluding hydrogens is 267 g/mol. The molecule has 0 atom stereocenters. The van der Waals surface area contributed by atoms with E-state index in [-0.39, 0.29) is 0 Å². The molecule has 0 aliphatic carbocycles. The van der Waals surface area contributed by atoms with Crippen LogP contribution in [0.5, 0.6) is 11.5 Å². The van der Waals surface area contributed by atoms with Crippen molar-refractivity contribution in [3.63, 3.8) is 0 Å². The molecule has 2 rings (SSSR count). The summed E-state index contributed by atoms with van der Waals surface area (Å²) in [6.45, 7) is 2.11. The lowest BCUT2D eigenvalue weighted by Gasteiger charge is -2.09. The van der Waals surface area contributed by atoms with Crippen molar-refractivity contribution in [2.45, 2.75) is 19.2 Å². The molecule has 0 amide bonds. The van der Waals surface area contributed by atoms with E-state index >= 15 is 0 Å². The van der Waals surface area contributed by atoms with Crippen molar-refractivity contribution in [3.05, 3.63) is 58.6 Å². The van der Waals surface area contributed by atoms with E-state index in [1.165, 1.54) is 5.56 Å². The molecule has 1 nitrogen and oxygen atoms in total. The van der Waals surface area contributed by atoms with Crippen molar-refractivity contribution < 1.29 is 4.74 Å². The summed E-state index contributed by atoms with van der Waals surface area (Å²) in [5, 5.41) is 0.579. The minimum absolute atomic E-state index is 0.450. The van der Waals surface area contributed by atoms with Crippen LogP contribution in [0.4, 0.5) is 0 Å². The summed E-state index contributed by atoms with van der Waals surface area (Å²) in [6.07, 6.45) is 0.982. The zero-order valence-corrected chi connectivity index (χ0v) is 11.6. The second-order valence-corrected chi connectivity index (χ2v) is 4.68. The predicted octanol–water partition coefficient (Wildman–Crippen LogP) is 5.43. The van der Waals surface area contributed by atoms with E-state index in [1.807, 2.05) is 36.4 Å². The van der Waals surface area contributed by atoms with Crippen LogP contribution in [0, 0.1) is 0 Å². The van der Waals surface area contributed by atoms with Gasteiger partial charge in [-0.1, -0.05) is 36.7 Å². The fourth-order valence-corrected chi connectivity index (χ4v) is 2.07. The first-order chi connectivity index (χ1) is 8.72. The lowest BCUT2D eigenvalue weighted by Crippen LogP contribution is -1.88. The Kier molecular flexibility index (Phi) is 4.51. The van der Waals surface area contributed by atoms with Crippen LogP contribution in [-0.4, -0.2) is 0 Å². The van der Waals surface area contributed by atoms with E-state index < -0.39 is 0 Å². The number of halogens is 2. The van der Waals surface area contributed by atoms with Gasteiger partial charge in [0.1, 0.15) is 11.5 Å². The molecule has 0 N–H and O–H groups in total. The van der Waals surface area contributed by atoms with Crippen molar-refractivity contribution in [2.75, 3.05) is 0 Å². The first kappa shape index (κ1) is 13.3. The minimum atomic E-state index is 0.450. The highest BCUT2D eigenvalue weighted by molar-refractivity contribution is 6.32. The SMILES string of the molecule is CCc1cccc(Oc2ccc(CCl)cc2Cl)c1. The van der Waals surface area contributed by atoms with Crippen molar-refractivity contribution in [3.8, 4) is 11.5 Å². The third-order valence-electron chi connectivity index (χ3n) is 2.69. The van der Waals surface area contributed by atoms with E-state index in [9.17, 15) is 0 Å². The van der Waals surface area contributed by atoms with Gasteiger partial charge in [-0.3, -0.25) is 0 Å². The van der Waals surface area contributed by atoms with E-state index in [0.29, 0.717) is 16.7 Å². The molecule has 0 saturated carbocycles. The van der Waals surface area contributed by atoms with Crippen molar-refractivity contribution in [2.24, 2.45) is 0 Å². The highest BCUT2D eigenvalue weighted by Gasteiger charge is 2.04. The largest absolute Gasteiger partial charge is 0.456 e. The summed E-state index contributed by atoms with van der Waals surface area (Å²) >= 11 is 11.9. The normalized spacial score (nSPS) is 10.4. The molecule has 2 aromatic carbocycles. The molecule has 0 aliphatic heterocycles. The van der Waals surface area contributed by atoms with Crippen LogP contribution >= 0.6 is 23.2 Å². The van der Waals surface area contributed by atoms with Crippen LogP contribution in [0.1, 0.15) is 18.1 Å². The quantitative estimate of drug-likeness (QED) is 0.678. The van der Waals surface area contributed by atoms with Gasteiger partial charge >= 0.3 is 0 Å². The Morgan fingerprint density at radius 3 is 2.56 bits per heavy atom. The maximum absolute atomic E-state index is 6.15. The lowest BCUT2D eigenvalue weighted by atomic mass is 10.2. The van der Waals surface area contributed by atoms with Gasteiger partial charge in [-0.05, 0) is 41.8 Å². The molecule has 0 saturated heterocycles. The molecule has 0 spiro atoms. The highest BCUT2D eigenvalue weighted by Crippen LogP contribution is 2.30. The molecule has 0 heterocycles. The Balaban J connectivity index is 2.22. The Morgan fingerprint density at radius 2 is 1.89 bits per heavy atom. The molecule has 0 bridgehead atoms. The third-order valence-corrected chi connectivity index (χ3v) is 3.29. The number of hydrogen-bond acceptors (Lipinski definition) is 1. The molecule has 0 unspecified atom stereocenters. The van der Waals surface area contributed by atoms with Gasteiger partial charge in [0.25, 0.3) is 0 Å². The van der Waals surface area contributed by atoms with E-state index in [1.54, 1.807) is 0 Å². The second-order valence-electron chi connectivity index (χ2n) is 4.00. The van der Waals surface area contributed by atoms with Crippen molar-refractivity contribution in [1.29, 1.82) is 0 Å². The zero-order valence-electron chi connectivity index (χ0n) is 10.1. The first-order valence-corrected chi connectivity index (χ1v) is 6.75. The van der Waals surface area contributed by atoms with Crippen LogP contribution in [0.2, 0.25) is 5.02 Å². The van der Waals surface area contributed by atoms with Crippen molar-refractivity contribution >= 4 is 23.2 Å². The molecule has 94 valence electrons. The molecule has 2 aromatic rings. The van der Waals surface area contributed by atoms with Crippen LogP contribution in [0.25, 0.3) is 0 Å². The second kappa shape index (κ2) is 6.12.